The number of amides is 1. The van der Waals surface area contributed by atoms with Crippen LogP contribution in [0, 0.1) is 0 Å². The highest BCUT2D eigenvalue weighted by Crippen LogP contribution is 2.25. The SMILES string of the molecule is CCOC(=O)c1cc2cc3ccccc3nc2n2ccnc12.CN(C)CCN.CN(C)CCNC(=O)c1cc2cc3ccccc3nc2n2ccnc12. The molecule has 2 aromatic carbocycles. The minimum atomic E-state index is -0.367. The number of esters is 1. The highest BCUT2D eigenvalue weighted by Gasteiger charge is 2.17. The van der Waals surface area contributed by atoms with Crippen molar-refractivity contribution >= 4 is 67.0 Å². The van der Waals surface area contributed by atoms with Gasteiger partial charge in [0.15, 0.2) is 11.3 Å². The van der Waals surface area contributed by atoms with Gasteiger partial charge >= 0.3 is 5.97 Å². The third-order valence-corrected chi connectivity index (χ3v) is 8.44. The molecular formula is C40H44N10O3. The lowest BCUT2D eigenvalue weighted by Gasteiger charge is -2.12. The standard InChI is InChI=1S/C19H19N5O.C17H13N3O2.C4H12N2/c1-23(2)9-7-21-19(25)15-12-14-11-13-5-3-4-6-16(13)22-17(14)24-10-8-20-18(15)24;1-2-22-17(21)13-10-12-9-11-5-3-4-6-14(11)19-15(12)20-8-7-18-16(13)20;1-6(2)4-3-5/h3-6,8,10-12H,7,9H2,1-2H3,(H,21,25);3-10H,2H2,1H3;3-5H2,1-2H3. The Labute approximate surface area is 307 Å². The van der Waals surface area contributed by atoms with Gasteiger partial charge in [0, 0.05) is 72.5 Å². The van der Waals surface area contributed by atoms with Gasteiger partial charge in [-0.2, -0.15) is 0 Å². The molecule has 0 atom stereocenters. The van der Waals surface area contributed by atoms with Gasteiger partial charge in [-0.15, -0.1) is 0 Å². The Morgan fingerprint density at radius 1 is 0.698 bits per heavy atom. The number of hydrogen-bond donors (Lipinski definition) is 2. The second-order valence-corrected chi connectivity index (χ2v) is 12.9. The number of aromatic nitrogens is 6. The van der Waals surface area contributed by atoms with Crippen LogP contribution >= 0.6 is 0 Å². The van der Waals surface area contributed by atoms with Gasteiger partial charge in [0.2, 0.25) is 0 Å². The lowest BCUT2D eigenvalue weighted by molar-refractivity contribution is 0.0528. The minimum Gasteiger partial charge on any atom is -0.462 e. The third kappa shape index (κ3) is 8.23. The van der Waals surface area contributed by atoms with Gasteiger partial charge in [0.1, 0.15) is 16.9 Å². The van der Waals surface area contributed by atoms with Crippen molar-refractivity contribution in [2.24, 2.45) is 5.73 Å². The van der Waals surface area contributed by atoms with Crippen molar-refractivity contribution in [1.29, 1.82) is 0 Å². The number of rotatable bonds is 8. The van der Waals surface area contributed by atoms with Gasteiger partial charge in [0.25, 0.3) is 5.91 Å². The number of carbonyl (C=O) groups excluding carboxylic acids is 2. The second-order valence-electron chi connectivity index (χ2n) is 12.9. The molecule has 53 heavy (non-hydrogen) atoms. The van der Waals surface area contributed by atoms with Gasteiger partial charge in [-0.1, -0.05) is 36.4 Å². The molecule has 0 spiro atoms. The van der Waals surface area contributed by atoms with Gasteiger partial charge in [-0.25, -0.2) is 24.7 Å². The van der Waals surface area contributed by atoms with Crippen molar-refractivity contribution in [3.05, 3.63) is 109 Å². The van der Waals surface area contributed by atoms with Crippen LogP contribution < -0.4 is 11.1 Å². The molecule has 0 radical (unpaired) electrons. The molecule has 0 aliphatic rings. The molecule has 8 rings (SSSR count). The Bertz CT molecular complexity index is 2540. The van der Waals surface area contributed by atoms with Crippen LogP contribution in [0.15, 0.2) is 97.6 Å². The smallest absolute Gasteiger partial charge is 0.341 e. The highest BCUT2D eigenvalue weighted by atomic mass is 16.5. The molecule has 272 valence electrons. The van der Waals surface area contributed by atoms with Gasteiger partial charge in [-0.3, -0.25) is 13.6 Å². The number of benzene rings is 2. The predicted octanol–water partition coefficient (Wildman–Crippen LogP) is 5.05. The average molecular weight is 713 g/mol. The van der Waals surface area contributed by atoms with E-state index in [1.807, 2.05) is 115 Å². The van der Waals surface area contributed by atoms with E-state index in [0.717, 1.165) is 63.5 Å². The number of nitrogens with two attached hydrogens (primary N) is 1. The fraction of sp³-hybridized carbons (Fsp3) is 0.250. The summed E-state index contributed by atoms with van der Waals surface area (Å²) in [6.45, 7) is 5.24. The largest absolute Gasteiger partial charge is 0.462 e. The van der Waals surface area contributed by atoms with E-state index in [0.29, 0.717) is 35.6 Å². The fourth-order valence-corrected chi connectivity index (χ4v) is 5.90. The normalized spacial score (nSPS) is 11.3. The Morgan fingerprint density at radius 2 is 1.21 bits per heavy atom. The van der Waals surface area contributed by atoms with Gasteiger partial charge in [0.05, 0.1) is 23.2 Å². The zero-order valence-corrected chi connectivity index (χ0v) is 30.7. The van der Waals surface area contributed by atoms with Gasteiger partial charge < -0.3 is 25.6 Å². The number of nitrogens with zero attached hydrogens (tertiary/aromatic N) is 8. The zero-order valence-electron chi connectivity index (χ0n) is 30.7. The molecule has 6 aromatic heterocycles. The minimum absolute atomic E-state index is 0.117. The van der Waals surface area contributed by atoms with Crippen LogP contribution in [0.5, 0.6) is 0 Å². The lowest BCUT2D eigenvalue weighted by atomic mass is 10.1. The highest BCUT2D eigenvalue weighted by molar-refractivity contribution is 6.05. The Balaban J connectivity index is 0.000000158. The zero-order chi connectivity index (χ0) is 37.5. The number of likely N-dealkylation sites (N-methyl/N-ethyl adjacent to an activating group) is 2. The van der Waals surface area contributed by atoms with E-state index < -0.39 is 0 Å². The monoisotopic (exact) mass is 712 g/mol. The summed E-state index contributed by atoms with van der Waals surface area (Å²) in [6.07, 6.45) is 7.01. The molecule has 0 fully saturated rings. The lowest BCUT2D eigenvalue weighted by Crippen LogP contribution is -2.31. The molecule has 0 unspecified atom stereocenters. The Kier molecular flexibility index (Phi) is 11.5. The molecule has 1 amide bonds. The van der Waals surface area contributed by atoms with Crippen LogP contribution in [0.1, 0.15) is 27.6 Å². The summed E-state index contributed by atoms with van der Waals surface area (Å²) in [7, 11) is 7.97. The number of para-hydroxylation sites is 2. The van der Waals surface area contributed by atoms with E-state index in [1.165, 1.54) is 0 Å². The number of carbonyl (C=O) groups is 2. The number of hydrogen-bond acceptors (Lipinski definition) is 10. The molecule has 13 nitrogen and oxygen atoms in total. The second kappa shape index (κ2) is 16.5. The van der Waals surface area contributed by atoms with E-state index in [-0.39, 0.29) is 11.9 Å². The summed E-state index contributed by atoms with van der Waals surface area (Å²) >= 11 is 0. The van der Waals surface area contributed by atoms with Crippen LogP contribution in [0.3, 0.4) is 0 Å². The molecule has 0 aliphatic carbocycles. The van der Waals surface area contributed by atoms with Crippen molar-refractivity contribution in [3.63, 3.8) is 0 Å². The summed E-state index contributed by atoms with van der Waals surface area (Å²) in [4.78, 5) is 47.0. The molecule has 3 N–H and O–H groups in total. The van der Waals surface area contributed by atoms with Gasteiger partial charge in [-0.05, 0) is 71.5 Å². The summed E-state index contributed by atoms with van der Waals surface area (Å²) in [5, 5.41) is 6.84. The first-order valence-electron chi connectivity index (χ1n) is 17.4. The van der Waals surface area contributed by atoms with Crippen molar-refractivity contribution in [1.82, 2.24) is 43.9 Å². The van der Waals surface area contributed by atoms with Crippen molar-refractivity contribution in [3.8, 4) is 0 Å². The molecule has 0 saturated heterocycles. The fourth-order valence-electron chi connectivity index (χ4n) is 5.90. The predicted molar refractivity (Wildman–Crippen MR) is 210 cm³/mol. The van der Waals surface area contributed by atoms with Crippen LogP contribution in [0.4, 0.5) is 0 Å². The van der Waals surface area contributed by atoms with Crippen molar-refractivity contribution in [2.75, 3.05) is 61.0 Å². The van der Waals surface area contributed by atoms with E-state index in [1.54, 1.807) is 25.4 Å². The first-order valence-corrected chi connectivity index (χ1v) is 17.4. The van der Waals surface area contributed by atoms with Crippen LogP contribution in [0.2, 0.25) is 0 Å². The first kappa shape index (κ1) is 36.8. The summed E-state index contributed by atoms with van der Waals surface area (Å²) in [5.41, 5.74) is 10.8. The molecule has 0 saturated carbocycles. The Morgan fingerprint density at radius 3 is 1.70 bits per heavy atom. The van der Waals surface area contributed by atoms with E-state index >= 15 is 0 Å². The number of nitrogens with one attached hydrogen (secondary N) is 1. The summed E-state index contributed by atoms with van der Waals surface area (Å²) in [6, 6.07) is 23.6. The van der Waals surface area contributed by atoms with Crippen molar-refractivity contribution in [2.45, 2.75) is 6.92 Å². The molecule has 6 heterocycles. The number of pyridine rings is 4. The maximum atomic E-state index is 12.6. The summed E-state index contributed by atoms with van der Waals surface area (Å²) < 4.78 is 8.83. The van der Waals surface area contributed by atoms with Crippen molar-refractivity contribution < 1.29 is 14.3 Å². The number of imidazole rings is 2. The number of fused-ring (bicyclic) bond motifs is 8. The quantitative estimate of drug-likeness (QED) is 0.162. The maximum absolute atomic E-state index is 12.6. The summed E-state index contributed by atoms with van der Waals surface area (Å²) in [5.74, 6) is -0.484. The first-order chi connectivity index (χ1) is 25.7. The number of ether oxygens (including phenoxy) is 1. The van der Waals surface area contributed by atoms with E-state index in [9.17, 15) is 9.59 Å². The van der Waals surface area contributed by atoms with Crippen LogP contribution in [-0.2, 0) is 4.74 Å². The Hall–Kier alpha value is -6.02. The van der Waals surface area contributed by atoms with E-state index in [2.05, 4.69) is 26.3 Å². The molecule has 8 aromatic rings. The molecule has 0 aliphatic heterocycles. The third-order valence-electron chi connectivity index (χ3n) is 8.44. The average Bonchev–Trinajstić information content (AvgIpc) is 3.85. The van der Waals surface area contributed by atoms with E-state index in [4.69, 9.17) is 20.4 Å². The maximum Gasteiger partial charge on any atom is 0.341 e. The topological polar surface area (TPSA) is 148 Å². The molecular weight excluding hydrogens is 669 g/mol. The molecule has 13 heteroatoms. The molecule has 0 bridgehead atoms. The van der Waals surface area contributed by atoms with Crippen LogP contribution in [-0.4, -0.2) is 111 Å². The van der Waals surface area contributed by atoms with Crippen LogP contribution in [0.25, 0.3) is 55.2 Å².